The Morgan fingerprint density at radius 3 is 3.05 bits per heavy atom. The van der Waals surface area contributed by atoms with Gasteiger partial charge in [-0.15, -0.1) is 11.3 Å². The molecule has 1 saturated heterocycles. The van der Waals surface area contributed by atoms with Gasteiger partial charge in [0, 0.05) is 31.2 Å². The molecule has 1 aliphatic heterocycles. The quantitative estimate of drug-likeness (QED) is 0.757. The molecule has 6 nitrogen and oxygen atoms in total. The van der Waals surface area contributed by atoms with Crippen molar-refractivity contribution in [2.24, 2.45) is 0 Å². The zero-order valence-corrected chi connectivity index (χ0v) is 11.7. The first-order chi connectivity index (χ1) is 9.18. The average molecular weight is 282 g/mol. The van der Waals surface area contributed by atoms with Gasteiger partial charge >= 0.3 is 11.8 Å². The molecule has 1 fully saturated rings. The summed E-state index contributed by atoms with van der Waals surface area (Å²) < 4.78 is 0. The van der Waals surface area contributed by atoms with Crippen molar-refractivity contribution in [3.05, 3.63) is 16.6 Å². The summed E-state index contributed by atoms with van der Waals surface area (Å²) in [6, 6.07) is -0.235. The average Bonchev–Trinajstić information content (AvgIpc) is 2.81. The minimum atomic E-state index is -0.551. The van der Waals surface area contributed by atoms with Crippen LogP contribution in [0.15, 0.2) is 11.6 Å². The number of nitrogens with zero attached hydrogens (tertiary/aromatic N) is 2. The standard InChI is InChI=1S/C12H18N4O2S/c1-9(11-14-5-8-19-11)15-10(17)12(18)16-6-2-3-13-4-7-16/h5,8-9,13H,2-4,6-7H2,1H3,(H,15,17). The van der Waals surface area contributed by atoms with E-state index in [4.69, 9.17) is 0 Å². The maximum absolute atomic E-state index is 12.0. The van der Waals surface area contributed by atoms with Crippen LogP contribution in [0.5, 0.6) is 0 Å². The van der Waals surface area contributed by atoms with Crippen LogP contribution in [-0.2, 0) is 9.59 Å². The molecular formula is C12H18N4O2S. The molecule has 0 bridgehead atoms. The lowest BCUT2D eigenvalue weighted by Gasteiger charge is -2.20. The summed E-state index contributed by atoms with van der Waals surface area (Å²) in [6.45, 7) is 4.67. The molecule has 7 heteroatoms. The van der Waals surface area contributed by atoms with Crippen LogP contribution in [0.3, 0.4) is 0 Å². The van der Waals surface area contributed by atoms with Crippen molar-refractivity contribution in [1.82, 2.24) is 20.5 Å². The Hall–Kier alpha value is -1.47. The van der Waals surface area contributed by atoms with Crippen LogP contribution in [0, 0.1) is 0 Å². The Labute approximate surface area is 116 Å². The largest absolute Gasteiger partial charge is 0.339 e. The second-order valence-electron chi connectivity index (χ2n) is 4.46. The number of carbonyl (C=O) groups is 2. The third-order valence-corrected chi connectivity index (χ3v) is 3.95. The Morgan fingerprint density at radius 1 is 1.47 bits per heavy atom. The number of amides is 2. The molecule has 0 radical (unpaired) electrons. The number of carbonyl (C=O) groups excluding carboxylic acids is 2. The first kappa shape index (κ1) is 14.0. The molecule has 0 saturated carbocycles. The number of hydrogen-bond acceptors (Lipinski definition) is 5. The third kappa shape index (κ3) is 3.74. The van der Waals surface area contributed by atoms with E-state index in [1.807, 2.05) is 12.3 Å². The van der Waals surface area contributed by atoms with E-state index in [0.717, 1.165) is 24.5 Å². The van der Waals surface area contributed by atoms with Crippen molar-refractivity contribution >= 4 is 23.2 Å². The fourth-order valence-electron chi connectivity index (χ4n) is 1.96. The molecule has 1 aromatic rings. The monoisotopic (exact) mass is 282 g/mol. The van der Waals surface area contributed by atoms with Crippen molar-refractivity contribution in [1.29, 1.82) is 0 Å². The highest BCUT2D eigenvalue weighted by Crippen LogP contribution is 2.14. The van der Waals surface area contributed by atoms with Gasteiger partial charge in [0.05, 0.1) is 6.04 Å². The van der Waals surface area contributed by atoms with Gasteiger partial charge in [-0.2, -0.15) is 0 Å². The Bertz CT molecular complexity index is 427. The summed E-state index contributed by atoms with van der Waals surface area (Å²) in [5.41, 5.74) is 0. The minimum absolute atomic E-state index is 0.235. The molecule has 2 rings (SSSR count). The second kappa shape index (κ2) is 6.63. The Balaban J connectivity index is 1.89. The SMILES string of the molecule is CC(NC(=O)C(=O)N1CCCNCC1)c1nccs1. The third-order valence-electron chi connectivity index (χ3n) is 2.99. The molecule has 1 aromatic heterocycles. The van der Waals surface area contributed by atoms with Gasteiger partial charge in [0.15, 0.2) is 0 Å². The van der Waals surface area contributed by atoms with Gasteiger partial charge < -0.3 is 15.5 Å². The van der Waals surface area contributed by atoms with Crippen LogP contribution in [0.4, 0.5) is 0 Å². The van der Waals surface area contributed by atoms with E-state index in [2.05, 4.69) is 15.6 Å². The van der Waals surface area contributed by atoms with Crippen LogP contribution in [0.25, 0.3) is 0 Å². The summed E-state index contributed by atoms with van der Waals surface area (Å²) in [5.74, 6) is -1.00. The molecular weight excluding hydrogens is 264 g/mol. The molecule has 19 heavy (non-hydrogen) atoms. The summed E-state index contributed by atoms with van der Waals surface area (Å²) >= 11 is 1.46. The highest BCUT2D eigenvalue weighted by atomic mass is 32.1. The number of thiazole rings is 1. The number of nitrogens with one attached hydrogen (secondary N) is 2. The van der Waals surface area contributed by atoms with Crippen LogP contribution in [-0.4, -0.2) is 47.9 Å². The van der Waals surface area contributed by atoms with Gasteiger partial charge in [0.25, 0.3) is 0 Å². The summed E-state index contributed by atoms with van der Waals surface area (Å²) in [7, 11) is 0. The molecule has 0 spiro atoms. The van der Waals surface area contributed by atoms with E-state index in [1.165, 1.54) is 11.3 Å². The normalized spacial score (nSPS) is 17.6. The maximum atomic E-state index is 12.0. The second-order valence-corrected chi connectivity index (χ2v) is 5.39. The predicted molar refractivity (Wildman–Crippen MR) is 72.7 cm³/mol. The predicted octanol–water partition coefficient (Wildman–Crippen LogP) is 0.142. The van der Waals surface area contributed by atoms with Crippen LogP contribution in [0.2, 0.25) is 0 Å². The fraction of sp³-hybridized carbons (Fsp3) is 0.583. The van der Waals surface area contributed by atoms with Gasteiger partial charge in [0.1, 0.15) is 5.01 Å². The van der Waals surface area contributed by atoms with Gasteiger partial charge in [0.2, 0.25) is 0 Å². The zero-order valence-electron chi connectivity index (χ0n) is 10.9. The fourth-order valence-corrected chi connectivity index (χ4v) is 2.61. The van der Waals surface area contributed by atoms with E-state index >= 15 is 0 Å². The van der Waals surface area contributed by atoms with Crippen LogP contribution >= 0.6 is 11.3 Å². The molecule has 104 valence electrons. The minimum Gasteiger partial charge on any atom is -0.339 e. The highest BCUT2D eigenvalue weighted by Gasteiger charge is 2.24. The molecule has 0 aromatic carbocycles. The van der Waals surface area contributed by atoms with E-state index in [1.54, 1.807) is 11.1 Å². The highest BCUT2D eigenvalue weighted by molar-refractivity contribution is 7.09. The Morgan fingerprint density at radius 2 is 2.32 bits per heavy atom. The van der Waals surface area contributed by atoms with E-state index < -0.39 is 11.8 Å². The summed E-state index contributed by atoms with van der Waals surface area (Å²) in [6.07, 6.45) is 2.56. The zero-order chi connectivity index (χ0) is 13.7. The smallest absolute Gasteiger partial charge is 0.311 e. The van der Waals surface area contributed by atoms with Crippen LogP contribution in [0.1, 0.15) is 24.4 Å². The summed E-state index contributed by atoms with van der Waals surface area (Å²) in [4.78, 5) is 29.7. The lowest BCUT2D eigenvalue weighted by molar-refractivity contribution is -0.146. The molecule has 1 aliphatic rings. The van der Waals surface area contributed by atoms with Gasteiger partial charge in [-0.1, -0.05) is 0 Å². The van der Waals surface area contributed by atoms with Crippen LogP contribution < -0.4 is 10.6 Å². The topological polar surface area (TPSA) is 74.3 Å². The number of aromatic nitrogens is 1. The van der Waals surface area contributed by atoms with Gasteiger partial charge in [-0.3, -0.25) is 9.59 Å². The van der Waals surface area contributed by atoms with E-state index in [9.17, 15) is 9.59 Å². The number of rotatable bonds is 2. The van der Waals surface area contributed by atoms with Crippen molar-refractivity contribution in [3.63, 3.8) is 0 Å². The van der Waals surface area contributed by atoms with Crippen molar-refractivity contribution in [2.45, 2.75) is 19.4 Å². The summed E-state index contributed by atoms with van der Waals surface area (Å²) in [5, 5.41) is 8.55. The van der Waals surface area contributed by atoms with Crippen molar-refractivity contribution in [2.75, 3.05) is 26.2 Å². The molecule has 0 aliphatic carbocycles. The van der Waals surface area contributed by atoms with Crippen molar-refractivity contribution in [3.8, 4) is 0 Å². The number of hydrogen-bond donors (Lipinski definition) is 2. The molecule has 2 heterocycles. The molecule has 1 atom stereocenters. The lowest BCUT2D eigenvalue weighted by atomic mass is 10.3. The molecule has 2 N–H and O–H groups in total. The van der Waals surface area contributed by atoms with Gasteiger partial charge in [-0.05, 0) is 19.9 Å². The van der Waals surface area contributed by atoms with Crippen molar-refractivity contribution < 1.29 is 9.59 Å². The van der Waals surface area contributed by atoms with E-state index in [-0.39, 0.29) is 6.04 Å². The first-order valence-electron chi connectivity index (χ1n) is 6.38. The molecule has 1 unspecified atom stereocenters. The maximum Gasteiger partial charge on any atom is 0.311 e. The van der Waals surface area contributed by atoms with E-state index in [0.29, 0.717) is 13.1 Å². The first-order valence-corrected chi connectivity index (χ1v) is 7.26. The lowest BCUT2D eigenvalue weighted by Crippen LogP contribution is -2.45. The molecule has 2 amide bonds. The Kier molecular flexibility index (Phi) is 4.86. The van der Waals surface area contributed by atoms with Gasteiger partial charge in [-0.25, -0.2) is 4.98 Å².